The topological polar surface area (TPSA) is 25.2 Å². The number of allylic oxidation sites excluding steroid dienone is 1. The molecule has 0 unspecified atom stereocenters. The van der Waals surface area contributed by atoms with Gasteiger partial charge in [-0.25, -0.2) is 4.98 Å². The molecule has 0 amide bonds. The molecule has 3 aromatic rings. The van der Waals surface area contributed by atoms with Crippen LogP contribution in [0.15, 0.2) is 53.1 Å². The number of aliphatic imine (C=N–C) groups is 1. The molecular formula is C25H28N2S. The average molecular weight is 389 g/mol. The van der Waals surface area contributed by atoms with Crippen LogP contribution in [-0.4, -0.2) is 10.7 Å². The number of rotatable bonds is 2. The largest absolute Gasteiger partial charge is 0.261 e. The summed E-state index contributed by atoms with van der Waals surface area (Å²) >= 11 is 1.71. The molecule has 0 spiro atoms. The Bertz CT molecular complexity index is 1090. The smallest absolute Gasteiger partial charge is 0.123 e. The van der Waals surface area contributed by atoms with Gasteiger partial charge in [-0.05, 0) is 57.0 Å². The number of benzene rings is 2. The minimum Gasteiger partial charge on any atom is -0.261 e. The van der Waals surface area contributed by atoms with Crippen LogP contribution in [0.25, 0.3) is 21.3 Å². The van der Waals surface area contributed by atoms with E-state index < -0.39 is 0 Å². The van der Waals surface area contributed by atoms with Crippen LogP contribution in [0.4, 0.5) is 0 Å². The lowest BCUT2D eigenvalue weighted by molar-refractivity contribution is 0.589. The third-order valence-electron chi connectivity index (χ3n) is 5.35. The monoisotopic (exact) mass is 388 g/mol. The first-order valence-corrected chi connectivity index (χ1v) is 10.8. The summed E-state index contributed by atoms with van der Waals surface area (Å²) in [4.78, 5) is 9.25. The van der Waals surface area contributed by atoms with Gasteiger partial charge >= 0.3 is 0 Å². The molecule has 2 nitrogen and oxygen atoms in total. The van der Waals surface area contributed by atoms with Crippen LogP contribution in [0, 0.1) is 0 Å². The summed E-state index contributed by atoms with van der Waals surface area (Å²) in [5, 5.41) is 5.70. The second-order valence-corrected chi connectivity index (χ2v) is 10.5. The van der Waals surface area contributed by atoms with Gasteiger partial charge in [0.05, 0.1) is 5.71 Å². The molecule has 0 bridgehead atoms. The molecule has 0 N–H and O–H groups in total. The van der Waals surface area contributed by atoms with Crippen LogP contribution in [0.1, 0.15) is 64.7 Å². The molecule has 2 aromatic carbocycles. The van der Waals surface area contributed by atoms with Gasteiger partial charge in [0, 0.05) is 35.3 Å². The van der Waals surface area contributed by atoms with E-state index in [2.05, 4.69) is 87.2 Å². The van der Waals surface area contributed by atoms with E-state index in [1.807, 2.05) is 12.4 Å². The summed E-state index contributed by atoms with van der Waals surface area (Å²) < 4.78 is 0. The third kappa shape index (κ3) is 3.44. The Labute approximate surface area is 172 Å². The van der Waals surface area contributed by atoms with Crippen molar-refractivity contribution in [3.8, 4) is 10.6 Å². The van der Waals surface area contributed by atoms with E-state index in [1.54, 1.807) is 11.3 Å². The Morgan fingerprint density at radius 3 is 1.96 bits per heavy atom. The van der Waals surface area contributed by atoms with Crippen molar-refractivity contribution in [2.45, 2.75) is 58.8 Å². The molecule has 1 aromatic heterocycles. The second-order valence-electron chi connectivity index (χ2n) is 9.64. The highest BCUT2D eigenvalue weighted by Gasteiger charge is 2.25. The van der Waals surface area contributed by atoms with Crippen LogP contribution >= 0.6 is 11.3 Å². The Kier molecular flexibility index (Phi) is 4.54. The van der Waals surface area contributed by atoms with Crippen molar-refractivity contribution in [3.05, 3.63) is 64.8 Å². The minimum atomic E-state index is 0.0508. The van der Waals surface area contributed by atoms with Gasteiger partial charge in [0.1, 0.15) is 5.01 Å². The number of fused-ring (bicyclic) bond motifs is 1. The molecule has 0 fully saturated rings. The van der Waals surface area contributed by atoms with Gasteiger partial charge in [0.25, 0.3) is 0 Å². The Morgan fingerprint density at radius 2 is 1.43 bits per heavy atom. The maximum absolute atomic E-state index is 4.64. The predicted octanol–water partition coefficient (Wildman–Crippen LogP) is 7.26. The van der Waals surface area contributed by atoms with Crippen molar-refractivity contribution in [3.63, 3.8) is 0 Å². The SMILES string of the molecule is CC(C)(C)c1cc2cc(C(C)(C)C)c(-c3nccs3)cc2cc1C1=NC=CC1. The number of thiazole rings is 1. The van der Waals surface area contributed by atoms with Crippen molar-refractivity contribution in [1.82, 2.24) is 4.98 Å². The fourth-order valence-electron chi connectivity index (χ4n) is 3.90. The van der Waals surface area contributed by atoms with Crippen molar-refractivity contribution < 1.29 is 0 Å². The average Bonchev–Trinajstić information content (AvgIpc) is 3.31. The first-order chi connectivity index (χ1) is 13.1. The van der Waals surface area contributed by atoms with Crippen LogP contribution in [-0.2, 0) is 10.8 Å². The highest BCUT2D eigenvalue weighted by molar-refractivity contribution is 7.13. The van der Waals surface area contributed by atoms with Gasteiger partial charge in [0.15, 0.2) is 0 Å². The highest BCUT2D eigenvalue weighted by Crippen LogP contribution is 2.39. The summed E-state index contributed by atoms with van der Waals surface area (Å²) in [6.07, 6.45) is 6.86. The third-order valence-corrected chi connectivity index (χ3v) is 6.16. The minimum absolute atomic E-state index is 0.0508. The van der Waals surface area contributed by atoms with Crippen molar-refractivity contribution >= 4 is 27.8 Å². The zero-order chi connectivity index (χ0) is 20.1. The normalized spacial score (nSPS) is 14.7. The summed E-state index contributed by atoms with van der Waals surface area (Å²) in [5.74, 6) is 0. The molecule has 0 atom stereocenters. The van der Waals surface area contributed by atoms with Gasteiger partial charge in [-0.1, -0.05) is 47.6 Å². The van der Waals surface area contributed by atoms with Gasteiger partial charge in [-0.3, -0.25) is 4.99 Å². The summed E-state index contributed by atoms with van der Waals surface area (Å²) in [6.45, 7) is 13.7. The van der Waals surface area contributed by atoms with Gasteiger partial charge in [0.2, 0.25) is 0 Å². The molecule has 3 heteroatoms. The fraction of sp³-hybridized carbons (Fsp3) is 0.360. The molecule has 1 aliphatic heterocycles. The lowest BCUT2D eigenvalue weighted by Gasteiger charge is -2.26. The van der Waals surface area contributed by atoms with Crippen LogP contribution in [0.2, 0.25) is 0 Å². The molecule has 2 heterocycles. The zero-order valence-corrected chi connectivity index (χ0v) is 18.4. The van der Waals surface area contributed by atoms with Crippen molar-refractivity contribution in [2.75, 3.05) is 0 Å². The van der Waals surface area contributed by atoms with Crippen molar-refractivity contribution in [1.29, 1.82) is 0 Å². The van der Waals surface area contributed by atoms with E-state index in [0.29, 0.717) is 0 Å². The predicted molar refractivity (Wildman–Crippen MR) is 123 cm³/mol. The standard InChI is InChI=1S/C25H28N2S/c1-24(2,3)20-14-17-15-21(25(4,5)6)19(23-27-10-11-28-23)13-16(17)12-18(20)22-8-7-9-26-22/h7,9-15H,8H2,1-6H3. The first kappa shape index (κ1) is 19.1. The molecule has 144 valence electrons. The summed E-state index contributed by atoms with van der Waals surface area (Å²) in [7, 11) is 0. The molecule has 0 saturated heterocycles. The molecule has 1 aliphatic rings. The lowest BCUT2D eigenvalue weighted by Crippen LogP contribution is -2.17. The molecule has 0 radical (unpaired) electrons. The zero-order valence-electron chi connectivity index (χ0n) is 17.6. The molecule has 28 heavy (non-hydrogen) atoms. The molecule has 4 rings (SSSR count). The fourth-order valence-corrected chi connectivity index (χ4v) is 4.57. The quantitative estimate of drug-likeness (QED) is 0.453. The number of hydrogen-bond acceptors (Lipinski definition) is 3. The summed E-state index contributed by atoms with van der Waals surface area (Å²) in [5.41, 5.74) is 6.52. The second kappa shape index (κ2) is 6.66. The number of nitrogens with zero attached hydrogens (tertiary/aromatic N) is 2. The van der Waals surface area contributed by atoms with Gasteiger partial charge < -0.3 is 0 Å². The maximum atomic E-state index is 4.64. The van der Waals surface area contributed by atoms with Crippen LogP contribution < -0.4 is 0 Å². The maximum Gasteiger partial charge on any atom is 0.123 e. The Balaban J connectivity index is 2.03. The lowest BCUT2D eigenvalue weighted by atomic mass is 9.78. The van der Waals surface area contributed by atoms with Gasteiger partial charge in [-0.15, -0.1) is 11.3 Å². The van der Waals surface area contributed by atoms with E-state index in [0.717, 1.165) is 11.4 Å². The van der Waals surface area contributed by atoms with E-state index in [1.165, 1.54) is 38.7 Å². The number of hydrogen-bond donors (Lipinski definition) is 0. The van der Waals surface area contributed by atoms with Crippen LogP contribution in [0.3, 0.4) is 0 Å². The van der Waals surface area contributed by atoms with E-state index in [-0.39, 0.29) is 10.8 Å². The Hall–Kier alpha value is -2.26. The van der Waals surface area contributed by atoms with E-state index in [4.69, 9.17) is 0 Å². The van der Waals surface area contributed by atoms with E-state index in [9.17, 15) is 0 Å². The molecule has 0 aliphatic carbocycles. The van der Waals surface area contributed by atoms with Crippen molar-refractivity contribution in [2.24, 2.45) is 4.99 Å². The Morgan fingerprint density at radius 1 is 0.821 bits per heavy atom. The molecular weight excluding hydrogens is 360 g/mol. The molecule has 0 saturated carbocycles. The number of aromatic nitrogens is 1. The van der Waals surface area contributed by atoms with E-state index >= 15 is 0 Å². The first-order valence-electron chi connectivity index (χ1n) is 9.89. The van der Waals surface area contributed by atoms with Gasteiger partial charge in [-0.2, -0.15) is 0 Å². The van der Waals surface area contributed by atoms with Crippen LogP contribution in [0.5, 0.6) is 0 Å². The summed E-state index contributed by atoms with van der Waals surface area (Å²) in [6, 6.07) is 9.42. The highest BCUT2D eigenvalue weighted by atomic mass is 32.1.